The van der Waals surface area contributed by atoms with E-state index in [4.69, 9.17) is 0 Å². The molecule has 2 nitrogen and oxygen atoms in total. The molecular weight excluding hydrogens is 303 g/mol. The highest BCUT2D eigenvalue weighted by Crippen LogP contribution is 2.64. The van der Waals surface area contributed by atoms with Crippen LogP contribution in [0.15, 0.2) is 35.2 Å². The fourth-order valence-corrected chi connectivity index (χ4v) is 6.44. The summed E-state index contributed by atoms with van der Waals surface area (Å²) in [5, 5.41) is 19.3. The average molecular weight is 332 g/mol. The van der Waals surface area contributed by atoms with Gasteiger partial charge in [-0.05, 0) is 67.3 Å². The van der Waals surface area contributed by atoms with E-state index in [1.165, 1.54) is 5.57 Å². The molecule has 0 spiro atoms. The molecule has 24 heavy (non-hydrogen) atoms. The number of fused-ring (bicyclic) bond motifs is 5. The number of hydrogen-bond donors (Lipinski definition) is 2. The Balaban J connectivity index is 1.69. The van der Waals surface area contributed by atoms with Gasteiger partial charge in [0.25, 0.3) is 0 Å². The number of aliphatic hydroxyl groups is 2. The highest BCUT2D eigenvalue weighted by Gasteiger charge is 2.56. The van der Waals surface area contributed by atoms with E-state index in [1.807, 2.05) is 6.08 Å². The van der Waals surface area contributed by atoms with Crippen LogP contribution in [0.1, 0.15) is 52.4 Å². The largest absolute Gasteiger partial charge is 0.393 e. The van der Waals surface area contributed by atoms with Crippen molar-refractivity contribution in [3.05, 3.63) is 35.2 Å². The predicted octanol–water partition coefficient (Wildman–Crippen LogP) is 4.30. The van der Waals surface area contributed by atoms with Gasteiger partial charge in [0.05, 0.1) is 12.7 Å². The van der Waals surface area contributed by atoms with Gasteiger partial charge in [0, 0.05) is 5.41 Å². The van der Waals surface area contributed by atoms with Crippen LogP contribution in [-0.2, 0) is 0 Å². The van der Waals surface area contributed by atoms with Gasteiger partial charge in [-0.3, -0.25) is 0 Å². The van der Waals surface area contributed by atoms with E-state index in [2.05, 4.69) is 26.0 Å². The number of hydrogen-bond acceptors (Lipinski definition) is 2. The molecule has 0 aromatic rings. The lowest BCUT2D eigenvalue weighted by atomic mass is 9.47. The van der Waals surface area contributed by atoms with Crippen LogP contribution in [0.25, 0.3) is 0 Å². The molecule has 0 aliphatic heterocycles. The van der Waals surface area contributed by atoms with Crippen LogP contribution in [0, 0.1) is 28.6 Å². The highest BCUT2D eigenvalue weighted by molar-refractivity contribution is 5.40. The van der Waals surface area contributed by atoms with Gasteiger partial charge < -0.3 is 10.2 Å². The maximum atomic E-state index is 14.2. The number of aliphatic hydroxyl groups excluding tert-OH is 2. The van der Waals surface area contributed by atoms with Gasteiger partial charge in [0.15, 0.2) is 0 Å². The molecule has 2 saturated carbocycles. The molecule has 4 aliphatic rings. The van der Waals surface area contributed by atoms with Crippen LogP contribution in [-0.4, -0.2) is 22.9 Å². The summed E-state index contributed by atoms with van der Waals surface area (Å²) in [7, 11) is 0. The van der Waals surface area contributed by atoms with E-state index in [1.54, 1.807) is 0 Å². The van der Waals surface area contributed by atoms with E-state index in [-0.39, 0.29) is 22.8 Å². The maximum absolute atomic E-state index is 14.2. The maximum Gasteiger partial charge on any atom is 0.129 e. The number of halogens is 1. The van der Waals surface area contributed by atoms with Crippen molar-refractivity contribution in [1.29, 1.82) is 0 Å². The monoisotopic (exact) mass is 332 g/mol. The van der Waals surface area contributed by atoms with Gasteiger partial charge in [-0.25, -0.2) is 4.39 Å². The van der Waals surface area contributed by atoms with Crippen molar-refractivity contribution in [3.8, 4) is 0 Å². The molecule has 0 aromatic heterocycles. The zero-order valence-electron chi connectivity index (χ0n) is 14.8. The van der Waals surface area contributed by atoms with Crippen molar-refractivity contribution in [3.63, 3.8) is 0 Å². The first-order valence-corrected chi connectivity index (χ1v) is 9.46. The summed E-state index contributed by atoms with van der Waals surface area (Å²) in [6.07, 6.45) is 12.3. The molecule has 3 heteroatoms. The van der Waals surface area contributed by atoms with Crippen LogP contribution in [0.2, 0.25) is 0 Å². The Morgan fingerprint density at radius 2 is 2.00 bits per heavy atom. The van der Waals surface area contributed by atoms with Gasteiger partial charge in [0.1, 0.15) is 5.83 Å². The van der Waals surface area contributed by atoms with Gasteiger partial charge in [0.2, 0.25) is 0 Å². The first-order valence-electron chi connectivity index (χ1n) is 9.46. The standard InChI is InChI=1S/C21H29FO2/c1-20-9-7-14(24)11-13(20)3-4-15-16-5-6-18(19(22)12-23)21(16,2)10-8-17(15)20/h3,5-6,14-17,23-24H,4,7-12H2,1-2H3/b19-18+/t14-,15?,16?,17?,20-,21-/m0/s1. The normalized spacial score (nSPS) is 49.1. The Morgan fingerprint density at radius 1 is 1.25 bits per heavy atom. The third-order valence-electron chi connectivity index (χ3n) is 7.85. The Hall–Kier alpha value is -0.930. The Labute approximate surface area is 144 Å². The molecular formula is C21H29FO2. The summed E-state index contributed by atoms with van der Waals surface area (Å²) in [5.74, 6) is 1.19. The summed E-state index contributed by atoms with van der Waals surface area (Å²) in [5.41, 5.74) is 2.24. The van der Waals surface area contributed by atoms with Crippen LogP contribution in [0.4, 0.5) is 4.39 Å². The molecule has 0 radical (unpaired) electrons. The summed E-state index contributed by atoms with van der Waals surface area (Å²) in [6.45, 7) is 4.09. The van der Waals surface area contributed by atoms with E-state index in [0.29, 0.717) is 17.8 Å². The fourth-order valence-electron chi connectivity index (χ4n) is 6.44. The SMILES string of the molecule is C[C@]12CC[C@H](O)CC1=CCC1C2CC[C@]2(C)/C(=C(/F)CO)C=CC12. The van der Waals surface area contributed by atoms with Gasteiger partial charge >= 0.3 is 0 Å². The summed E-state index contributed by atoms with van der Waals surface area (Å²) < 4.78 is 14.2. The van der Waals surface area contributed by atoms with Crippen LogP contribution < -0.4 is 0 Å². The lowest BCUT2D eigenvalue weighted by Gasteiger charge is -2.57. The second-order valence-electron chi connectivity index (χ2n) is 8.87. The molecule has 3 unspecified atom stereocenters. The van der Waals surface area contributed by atoms with Crippen LogP contribution >= 0.6 is 0 Å². The fraction of sp³-hybridized carbons (Fsp3) is 0.714. The van der Waals surface area contributed by atoms with Crippen LogP contribution in [0.3, 0.4) is 0 Å². The van der Waals surface area contributed by atoms with Gasteiger partial charge in [-0.15, -0.1) is 0 Å². The van der Waals surface area contributed by atoms with Gasteiger partial charge in [-0.2, -0.15) is 0 Å². The Bertz CT molecular complexity index is 634. The van der Waals surface area contributed by atoms with Crippen molar-refractivity contribution < 1.29 is 14.6 Å². The zero-order chi connectivity index (χ0) is 17.1. The van der Waals surface area contributed by atoms with Crippen molar-refractivity contribution in [2.24, 2.45) is 28.6 Å². The molecule has 2 N–H and O–H groups in total. The summed E-state index contributed by atoms with van der Waals surface area (Å²) in [4.78, 5) is 0. The molecule has 0 bridgehead atoms. The average Bonchev–Trinajstić information content (AvgIpc) is 2.92. The Morgan fingerprint density at radius 3 is 2.75 bits per heavy atom. The minimum atomic E-state index is -0.490. The molecule has 2 fully saturated rings. The molecule has 0 amide bonds. The third kappa shape index (κ3) is 2.13. The molecule has 0 saturated heterocycles. The van der Waals surface area contributed by atoms with E-state index in [9.17, 15) is 14.6 Å². The quantitative estimate of drug-likeness (QED) is 0.703. The van der Waals surface area contributed by atoms with Crippen molar-refractivity contribution >= 4 is 0 Å². The van der Waals surface area contributed by atoms with Crippen molar-refractivity contribution in [2.75, 3.05) is 6.61 Å². The molecule has 0 aromatic carbocycles. The minimum absolute atomic E-state index is 0.163. The Kier molecular flexibility index (Phi) is 3.81. The smallest absolute Gasteiger partial charge is 0.129 e. The molecule has 4 aliphatic carbocycles. The number of rotatable bonds is 1. The molecule has 132 valence electrons. The lowest BCUT2D eigenvalue weighted by molar-refractivity contribution is -0.0161. The summed E-state index contributed by atoms with van der Waals surface area (Å²) >= 11 is 0. The summed E-state index contributed by atoms with van der Waals surface area (Å²) in [6, 6.07) is 0. The lowest BCUT2D eigenvalue weighted by Crippen LogP contribution is -2.49. The molecule has 4 rings (SSSR count). The second-order valence-corrected chi connectivity index (χ2v) is 8.87. The predicted molar refractivity (Wildman–Crippen MR) is 92.8 cm³/mol. The molecule has 0 heterocycles. The highest BCUT2D eigenvalue weighted by atomic mass is 19.1. The first-order chi connectivity index (χ1) is 11.4. The van der Waals surface area contributed by atoms with E-state index >= 15 is 0 Å². The van der Waals surface area contributed by atoms with E-state index < -0.39 is 6.61 Å². The third-order valence-corrected chi connectivity index (χ3v) is 7.85. The minimum Gasteiger partial charge on any atom is -0.393 e. The van der Waals surface area contributed by atoms with E-state index in [0.717, 1.165) is 44.1 Å². The van der Waals surface area contributed by atoms with Crippen LogP contribution in [0.5, 0.6) is 0 Å². The zero-order valence-corrected chi connectivity index (χ0v) is 14.8. The first kappa shape index (κ1) is 16.5. The topological polar surface area (TPSA) is 40.5 Å². The van der Waals surface area contributed by atoms with Crippen molar-refractivity contribution in [1.82, 2.24) is 0 Å². The second kappa shape index (κ2) is 5.54. The van der Waals surface area contributed by atoms with Gasteiger partial charge in [-0.1, -0.05) is 37.6 Å². The van der Waals surface area contributed by atoms with Crippen molar-refractivity contribution in [2.45, 2.75) is 58.5 Å². The molecule has 6 atom stereocenters. The number of allylic oxidation sites excluding steroid dienone is 4.